The number of aliphatic carboxylic acids is 1. The molecule has 0 aliphatic heterocycles. The maximum Gasteiger partial charge on any atom is 0.303 e. The molecule has 88 valence electrons. The van der Waals surface area contributed by atoms with Crippen LogP contribution in [0.1, 0.15) is 18.0 Å². The fraction of sp³-hybridized carbons (Fsp3) is 0.231. The molecule has 2 aromatic rings. The molecule has 0 unspecified atom stereocenters. The van der Waals surface area contributed by atoms with Gasteiger partial charge in [0.15, 0.2) is 11.7 Å². The molecular weight excluding hydrogens is 218 g/mol. The number of rotatable bonds is 4. The van der Waals surface area contributed by atoms with Gasteiger partial charge in [-0.3, -0.25) is 4.79 Å². The number of carboxylic acid groups (broad SMARTS) is 1. The third kappa shape index (κ3) is 2.72. The van der Waals surface area contributed by atoms with Gasteiger partial charge < -0.3 is 9.52 Å². The lowest BCUT2D eigenvalue weighted by Crippen LogP contribution is -1.98. The summed E-state index contributed by atoms with van der Waals surface area (Å²) >= 11 is 0. The van der Waals surface area contributed by atoms with Crippen LogP contribution in [-0.2, 0) is 11.2 Å². The van der Waals surface area contributed by atoms with Crippen molar-refractivity contribution in [1.82, 2.24) is 4.98 Å². The summed E-state index contributed by atoms with van der Waals surface area (Å²) in [6, 6.07) is 9.58. The molecule has 17 heavy (non-hydrogen) atoms. The summed E-state index contributed by atoms with van der Waals surface area (Å²) in [6.45, 7) is 1.76. The Morgan fingerprint density at radius 1 is 1.35 bits per heavy atom. The van der Waals surface area contributed by atoms with E-state index >= 15 is 0 Å². The SMILES string of the molecule is Cc1nc(CCC(=O)O)c(-c2ccccc2)o1. The predicted molar refractivity (Wildman–Crippen MR) is 62.6 cm³/mol. The van der Waals surface area contributed by atoms with Crippen LogP contribution in [0.3, 0.4) is 0 Å². The molecule has 0 atom stereocenters. The van der Waals surface area contributed by atoms with Crippen LogP contribution < -0.4 is 0 Å². The standard InChI is InChI=1S/C13H13NO3/c1-9-14-11(7-8-12(15)16)13(17-9)10-5-3-2-4-6-10/h2-6H,7-8H2,1H3,(H,15,16). The van der Waals surface area contributed by atoms with Crippen molar-refractivity contribution in [3.8, 4) is 11.3 Å². The maximum absolute atomic E-state index is 10.6. The molecule has 1 aromatic heterocycles. The number of aryl methyl sites for hydroxylation is 2. The molecule has 1 N–H and O–H groups in total. The van der Waals surface area contributed by atoms with Crippen LogP contribution >= 0.6 is 0 Å². The molecule has 0 fully saturated rings. The molecule has 4 nitrogen and oxygen atoms in total. The summed E-state index contributed by atoms with van der Waals surface area (Å²) in [5.41, 5.74) is 1.63. The molecule has 0 saturated heterocycles. The first-order chi connectivity index (χ1) is 8.16. The summed E-state index contributed by atoms with van der Waals surface area (Å²) < 4.78 is 5.53. The number of aromatic nitrogens is 1. The average Bonchev–Trinajstić information content (AvgIpc) is 2.69. The van der Waals surface area contributed by atoms with Gasteiger partial charge in [0, 0.05) is 18.9 Å². The van der Waals surface area contributed by atoms with E-state index in [0.717, 1.165) is 5.56 Å². The lowest BCUT2D eigenvalue weighted by atomic mass is 10.1. The van der Waals surface area contributed by atoms with Crippen LogP contribution in [0, 0.1) is 6.92 Å². The van der Waals surface area contributed by atoms with Gasteiger partial charge in [0.2, 0.25) is 0 Å². The Labute approximate surface area is 98.9 Å². The molecule has 1 aromatic carbocycles. The van der Waals surface area contributed by atoms with Crippen molar-refractivity contribution in [3.05, 3.63) is 41.9 Å². The quantitative estimate of drug-likeness (QED) is 0.878. The predicted octanol–water partition coefficient (Wildman–Crippen LogP) is 2.67. The first kappa shape index (κ1) is 11.4. The highest BCUT2D eigenvalue weighted by Gasteiger charge is 2.13. The number of oxazole rings is 1. The normalized spacial score (nSPS) is 10.4. The molecule has 4 heteroatoms. The average molecular weight is 231 g/mol. The Hall–Kier alpha value is -2.10. The molecule has 0 amide bonds. The van der Waals surface area contributed by atoms with E-state index in [4.69, 9.17) is 9.52 Å². The van der Waals surface area contributed by atoms with Crippen LogP contribution in [0.4, 0.5) is 0 Å². The highest BCUT2D eigenvalue weighted by Crippen LogP contribution is 2.25. The van der Waals surface area contributed by atoms with Crippen molar-refractivity contribution in [2.45, 2.75) is 19.8 Å². The molecule has 0 spiro atoms. The molecule has 0 saturated carbocycles. The number of benzene rings is 1. The second-order valence-electron chi connectivity index (χ2n) is 3.77. The monoisotopic (exact) mass is 231 g/mol. The summed E-state index contributed by atoms with van der Waals surface area (Å²) in [5.74, 6) is 0.401. The van der Waals surface area contributed by atoms with E-state index in [0.29, 0.717) is 23.8 Å². The number of hydrogen-bond acceptors (Lipinski definition) is 3. The molecule has 0 aliphatic carbocycles. The second-order valence-corrected chi connectivity index (χ2v) is 3.77. The van der Waals surface area contributed by atoms with Gasteiger partial charge in [-0.15, -0.1) is 0 Å². The van der Waals surface area contributed by atoms with Crippen LogP contribution in [-0.4, -0.2) is 16.1 Å². The fourth-order valence-electron chi connectivity index (χ4n) is 1.68. The number of nitrogens with zero attached hydrogens (tertiary/aromatic N) is 1. The molecular formula is C13H13NO3. The third-order valence-electron chi connectivity index (χ3n) is 2.42. The molecule has 2 rings (SSSR count). The topological polar surface area (TPSA) is 63.3 Å². The largest absolute Gasteiger partial charge is 0.481 e. The zero-order valence-electron chi connectivity index (χ0n) is 9.51. The van der Waals surface area contributed by atoms with Gasteiger partial charge in [-0.1, -0.05) is 30.3 Å². The maximum atomic E-state index is 10.6. The minimum Gasteiger partial charge on any atom is -0.481 e. The van der Waals surface area contributed by atoms with Crippen LogP contribution in [0.5, 0.6) is 0 Å². The van der Waals surface area contributed by atoms with Crippen LogP contribution in [0.2, 0.25) is 0 Å². The smallest absolute Gasteiger partial charge is 0.303 e. The zero-order chi connectivity index (χ0) is 12.3. The first-order valence-corrected chi connectivity index (χ1v) is 5.40. The van der Waals surface area contributed by atoms with Gasteiger partial charge in [-0.2, -0.15) is 0 Å². The Bertz CT molecular complexity index is 517. The number of carbonyl (C=O) groups is 1. The van der Waals surface area contributed by atoms with Crippen LogP contribution in [0.15, 0.2) is 34.7 Å². The highest BCUT2D eigenvalue weighted by atomic mass is 16.4. The second kappa shape index (κ2) is 4.82. The summed E-state index contributed by atoms with van der Waals surface area (Å²) in [7, 11) is 0. The summed E-state index contributed by atoms with van der Waals surface area (Å²) in [4.78, 5) is 14.8. The Morgan fingerprint density at radius 2 is 2.06 bits per heavy atom. The lowest BCUT2D eigenvalue weighted by molar-refractivity contribution is -0.136. The van der Waals surface area contributed by atoms with E-state index in [1.807, 2.05) is 30.3 Å². The van der Waals surface area contributed by atoms with Crippen molar-refractivity contribution >= 4 is 5.97 Å². The fourth-order valence-corrected chi connectivity index (χ4v) is 1.68. The van der Waals surface area contributed by atoms with Crippen molar-refractivity contribution < 1.29 is 14.3 Å². The highest BCUT2D eigenvalue weighted by molar-refractivity contribution is 5.68. The summed E-state index contributed by atoms with van der Waals surface area (Å²) in [5, 5.41) is 8.68. The van der Waals surface area contributed by atoms with E-state index < -0.39 is 5.97 Å². The van der Waals surface area contributed by atoms with Gasteiger partial charge >= 0.3 is 5.97 Å². The van der Waals surface area contributed by atoms with Crippen molar-refractivity contribution in [1.29, 1.82) is 0 Å². The van der Waals surface area contributed by atoms with E-state index in [-0.39, 0.29) is 6.42 Å². The zero-order valence-corrected chi connectivity index (χ0v) is 9.51. The van der Waals surface area contributed by atoms with Gasteiger partial charge in [0.25, 0.3) is 0 Å². The van der Waals surface area contributed by atoms with Gasteiger partial charge in [0.1, 0.15) is 0 Å². The third-order valence-corrected chi connectivity index (χ3v) is 2.42. The summed E-state index contributed by atoms with van der Waals surface area (Å²) in [6.07, 6.45) is 0.447. The van der Waals surface area contributed by atoms with Crippen molar-refractivity contribution in [2.75, 3.05) is 0 Å². The first-order valence-electron chi connectivity index (χ1n) is 5.40. The molecule has 0 bridgehead atoms. The van der Waals surface area contributed by atoms with E-state index in [2.05, 4.69) is 4.98 Å². The van der Waals surface area contributed by atoms with E-state index in [1.165, 1.54) is 0 Å². The van der Waals surface area contributed by atoms with E-state index in [9.17, 15) is 4.79 Å². The van der Waals surface area contributed by atoms with Crippen molar-refractivity contribution in [3.63, 3.8) is 0 Å². The van der Waals surface area contributed by atoms with Crippen LogP contribution in [0.25, 0.3) is 11.3 Å². The van der Waals surface area contributed by atoms with E-state index in [1.54, 1.807) is 6.92 Å². The lowest BCUT2D eigenvalue weighted by Gasteiger charge is -1.99. The Balaban J connectivity index is 2.31. The molecule has 1 heterocycles. The molecule has 0 radical (unpaired) electrons. The minimum atomic E-state index is -0.829. The van der Waals surface area contributed by atoms with Gasteiger partial charge in [-0.05, 0) is 0 Å². The van der Waals surface area contributed by atoms with Crippen molar-refractivity contribution in [2.24, 2.45) is 0 Å². The Morgan fingerprint density at radius 3 is 2.71 bits per heavy atom. The number of carboxylic acids is 1. The van der Waals surface area contributed by atoms with Gasteiger partial charge in [0.05, 0.1) is 12.1 Å². The minimum absolute atomic E-state index is 0.0613. The number of hydrogen-bond donors (Lipinski definition) is 1. The molecule has 0 aliphatic rings. The Kier molecular flexibility index (Phi) is 3.23. The van der Waals surface area contributed by atoms with Gasteiger partial charge in [-0.25, -0.2) is 4.98 Å².